The summed E-state index contributed by atoms with van der Waals surface area (Å²) in [6, 6.07) is 0. The van der Waals surface area contributed by atoms with E-state index in [2.05, 4.69) is 0 Å². The molecule has 0 radical (unpaired) electrons. The highest BCUT2D eigenvalue weighted by molar-refractivity contribution is 5.72. The van der Waals surface area contributed by atoms with Crippen LogP contribution < -0.4 is 0 Å². The summed E-state index contributed by atoms with van der Waals surface area (Å²) in [5, 5.41) is 57.8. The van der Waals surface area contributed by atoms with Crippen LogP contribution in [0.2, 0.25) is 0 Å². The molecule has 0 amide bonds. The lowest BCUT2D eigenvalue weighted by atomic mass is 9.82. The minimum atomic E-state index is -1.50. The second-order valence-corrected chi connectivity index (χ2v) is 6.09. The highest BCUT2D eigenvalue weighted by atomic mass is 16.7. The van der Waals surface area contributed by atoms with Gasteiger partial charge in [-0.2, -0.15) is 0 Å². The molecule has 3 aliphatic rings. The van der Waals surface area contributed by atoms with Crippen LogP contribution in [0.4, 0.5) is 0 Å². The van der Waals surface area contributed by atoms with Gasteiger partial charge in [0.25, 0.3) is 0 Å². The fraction of sp³-hybridized carbons (Fsp3) is 0.923. The minimum absolute atomic E-state index is 0.168. The lowest BCUT2D eigenvalue weighted by Gasteiger charge is -2.40. The maximum atomic E-state index is 11.4. The molecule has 132 valence electrons. The Morgan fingerprint density at radius 3 is 2.35 bits per heavy atom. The Hall–Kier alpha value is -0.850. The number of aliphatic hydroxyl groups is 5. The zero-order valence-electron chi connectivity index (χ0n) is 12.0. The lowest BCUT2D eigenvalue weighted by Crippen LogP contribution is -2.58. The van der Waals surface area contributed by atoms with E-state index >= 15 is 0 Å². The van der Waals surface area contributed by atoms with Crippen molar-refractivity contribution in [3.63, 3.8) is 0 Å². The van der Waals surface area contributed by atoms with Crippen LogP contribution >= 0.6 is 0 Å². The van der Waals surface area contributed by atoms with Gasteiger partial charge in [0.15, 0.2) is 6.29 Å². The summed E-state index contributed by atoms with van der Waals surface area (Å²) in [4.78, 5) is 11.4. The molecule has 10 atom stereocenters. The zero-order chi connectivity index (χ0) is 16.9. The van der Waals surface area contributed by atoms with Crippen LogP contribution in [0, 0.1) is 5.92 Å². The maximum absolute atomic E-state index is 11.4. The van der Waals surface area contributed by atoms with Gasteiger partial charge in [0, 0.05) is 6.42 Å². The Morgan fingerprint density at radius 1 is 1.04 bits per heavy atom. The number of rotatable bonds is 4. The molecule has 1 aliphatic carbocycles. The quantitative estimate of drug-likeness (QED) is 0.282. The summed E-state index contributed by atoms with van der Waals surface area (Å²) in [6.45, 7) is -0.565. The SMILES string of the molecule is O=C(O)C1C2O[C@H]2C(O)C(O)[C@@H]1O[C@@H]1C[C@@H](O)[C@H](O)C(CO)O1. The summed E-state index contributed by atoms with van der Waals surface area (Å²) in [5.41, 5.74) is 0. The van der Waals surface area contributed by atoms with Crippen molar-refractivity contribution in [3.8, 4) is 0 Å². The first-order valence-corrected chi connectivity index (χ1v) is 7.37. The first-order chi connectivity index (χ1) is 10.8. The molecular formula is C13H20O10. The van der Waals surface area contributed by atoms with Crippen molar-refractivity contribution in [2.24, 2.45) is 5.92 Å². The topological polar surface area (TPSA) is 169 Å². The first-order valence-electron chi connectivity index (χ1n) is 7.37. The summed E-state index contributed by atoms with van der Waals surface area (Å²) in [5.74, 6) is -2.44. The normalized spacial score (nSPS) is 52.7. The van der Waals surface area contributed by atoms with Crippen LogP contribution in [0.3, 0.4) is 0 Å². The van der Waals surface area contributed by atoms with E-state index in [1.807, 2.05) is 0 Å². The molecule has 2 heterocycles. The van der Waals surface area contributed by atoms with Gasteiger partial charge in [-0.3, -0.25) is 4.79 Å². The summed E-state index contributed by atoms with van der Waals surface area (Å²) >= 11 is 0. The number of aliphatic carboxylic acids is 1. The van der Waals surface area contributed by atoms with Crippen LogP contribution in [0.5, 0.6) is 0 Å². The summed E-state index contributed by atoms with van der Waals surface area (Å²) < 4.78 is 15.8. The largest absolute Gasteiger partial charge is 0.481 e. The average Bonchev–Trinajstić information content (AvgIpc) is 3.27. The van der Waals surface area contributed by atoms with E-state index in [-0.39, 0.29) is 6.42 Å². The van der Waals surface area contributed by atoms with Crippen molar-refractivity contribution in [3.05, 3.63) is 0 Å². The summed E-state index contributed by atoms with van der Waals surface area (Å²) in [7, 11) is 0. The third-order valence-corrected chi connectivity index (χ3v) is 4.60. The number of aliphatic hydroxyl groups excluding tert-OH is 5. The standard InChI is InChI=1S/C13H20O10/c14-2-4-7(16)3(15)1-5(21-4)22-10-6(13(19)20)11-12(23-11)9(18)8(10)17/h3-12,14-18H,1-2H2,(H,19,20)/t3-,4?,5-,6?,7+,8?,9?,10-,11?,12+/m1/s1. The molecule has 1 saturated carbocycles. The van der Waals surface area contributed by atoms with E-state index < -0.39 is 73.6 Å². The third kappa shape index (κ3) is 2.96. The molecule has 2 aliphatic heterocycles. The highest BCUT2D eigenvalue weighted by Crippen LogP contribution is 2.43. The van der Waals surface area contributed by atoms with Gasteiger partial charge in [-0.25, -0.2) is 0 Å². The van der Waals surface area contributed by atoms with E-state index in [1.54, 1.807) is 0 Å². The van der Waals surface area contributed by atoms with Gasteiger partial charge >= 0.3 is 5.97 Å². The van der Waals surface area contributed by atoms with E-state index in [0.29, 0.717) is 0 Å². The van der Waals surface area contributed by atoms with Crippen molar-refractivity contribution >= 4 is 5.97 Å². The molecule has 0 spiro atoms. The first kappa shape index (κ1) is 17.0. The van der Waals surface area contributed by atoms with E-state index in [9.17, 15) is 30.3 Å². The maximum Gasteiger partial charge on any atom is 0.312 e. The van der Waals surface area contributed by atoms with Gasteiger partial charge < -0.3 is 44.8 Å². The minimum Gasteiger partial charge on any atom is -0.481 e. The van der Waals surface area contributed by atoms with Crippen molar-refractivity contribution < 1.29 is 49.6 Å². The number of fused-ring (bicyclic) bond motifs is 1. The van der Waals surface area contributed by atoms with E-state index in [0.717, 1.165) is 0 Å². The van der Waals surface area contributed by atoms with E-state index in [4.69, 9.17) is 19.3 Å². The highest BCUT2D eigenvalue weighted by Gasteiger charge is 2.63. The van der Waals surface area contributed by atoms with Crippen molar-refractivity contribution in [1.29, 1.82) is 0 Å². The lowest BCUT2D eigenvalue weighted by molar-refractivity contribution is -0.288. The Balaban J connectivity index is 1.73. The molecule has 5 unspecified atom stereocenters. The molecule has 2 saturated heterocycles. The molecule has 0 aromatic carbocycles. The number of ether oxygens (including phenoxy) is 3. The predicted octanol–water partition coefficient (Wildman–Crippen LogP) is -3.60. The Morgan fingerprint density at radius 2 is 1.74 bits per heavy atom. The molecular weight excluding hydrogens is 316 g/mol. The van der Waals surface area contributed by atoms with Crippen molar-refractivity contribution in [2.75, 3.05) is 6.61 Å². The van der Waals surface area contributed by atoms with Crippen molar-refractivity contribution in [2.45, 2.75) is 61.5 Å². The van der Waals surface area contributed by atoms with Crippen LogP contribution in [0.25, 0.3) is 0 Å². The van der Waals surface area contributed by atoms with Crippen LogP contribution in [0.1, 0.15) is 6.42 Å². The number of epoxide rings is 1. The van der Waals surface area contributed by atoms with Gasteiger partial charge in [0.2, 0.25) is 0 Å². The zero-order valence-corrected chi connectivity index (χ0v) is 12.0. The molecule has 0 aromatic heterocycles. The van der Waals surface area contributed by atoms with Crippen LogP contribution in [-0.2, 0) is 19.0 Å². The number of hydrogen-bond donors (Lipinski definition) is 6. The Bertz CT molecular complexity index is 458. The average molecular weight is 336 g/mol. The molecule has 10 heteroatoms. The number of hydrogen-bond acceptors (Lipinski definition) is 9. The van der Waals surface area contributed by atoms with Gasteiger partial charge in [-0.05, 0) is 0 Å². The molecule has 0 aromatic rings. The van der Waals surface area contributed by atoms with Crippen molar-refractivity contribution in [1.82, 2.24) is 0 Å². The smallest absolute Gasteiger partial charge is 0.312 e. The molecule has 23 heavy (non-hydrogen) atoms. The molecule has 6 N–H and O–H groups in total. The Kier molecular flexibility index (Phi) is 4.60. The van der Waals surface area contributed by atoms with Gasteiger partial charge in [0.1, 0.15) is 48.6 Å². The second-order valence-electron chi connectivity index (χ2n) is 6.09. The fourth-order valence-corrected chi connectivity index (χ4v) is 3.26. The Labute approximate surface area is 130 Å². The molecule has 10 nitrogen and oxygen atoms in total. The van der Waals surface area contributed by atoms with Gasteiger partial charge in [-0.1, -0.05) is 0 Å². The number of carboxylic acids is 1. The summed E-state index contributed by atoms with van der Waals surface area (Å²) in [6.07, 6.45) is -10.5. The molecule has 0 bridgehead atoms. The monoisotopic (exact) mass is 336 g/mol. The number of carbonyl (C=O) groups is 1. The molecule has 3 fully saturated rings. The second kappa shape index (κ2) is 6.22. The number of carboxylic acid groups (broad SMARTS) is 1. The fourth-order valence-electron chi connectivity index (χ4n) is 3.26. The van der Waals surface area contributed by atoms with Crippen LogP contribution in [0.15, 0.2) is 0 Å². The predicted molar refractivity (Wildman–Crippen MR) is 69.1 cm³/mol. The third-order valence-electron chi connectivity index (χ3n) is 4.60. The van der Waals surface area contributed by atoms with Gasteiger partial charge in [0.05, 0.1) is 12.7 Å². The molecule has 3 rings (SSSR count). The van der Waals surface area contributed by atoms with Gasteiger partial charge in [-0.15, -0.1) is 0 Å². The van der Waals surface area contributed by atoms with Crippen LogP contribution in [-0.4, -0.2) is 98.3 Å². The van der Waals surface area contributed by atoms with E-state index in [1.165, 1.54) is 0 Å².